The first-order valence-corrected chi connectivity index (χ1v) is 6.16. The molecule has 5 heteroatoms. The van der Waals surface area contributed by atoms with E-state index in [2.05, 4.69) is 0 Å². The molecule has 100 valence electrons. The Bertz CT molecular complexity index is 247. The van der Waals surface area contributed by atoms with Crippen molar-refractivity contribution in [3.05, 3.63) is 0 Å². The number of carbonyl (C=O) groups is 1. The summed E-state index contributed by atoms with van der Waals surface area (Å²) in [6, 6.07) is 0. The maximum atomic E-state index is 12.3. The van der Waals surface area contributed by atoms with Crippen LogP contribution >= 0.6 is 0 Å². The van der Waals surface area contributed by atoms with Crippen LogP contribution in [0.5, 0.6) is 0 Å². The molecule has 0 bridgehead atoms. The third kappa shape index (κ3) is 4.66. The molecule has 2 nitrogen and oxygen atoms in total. The van der Waals surface area contributed by atoms with Crippen LogP contribution in [0, 0.1) is 5.41 Å². The molecule has 0 aromatic heterocycles. The third-order valence-electron chi connectivity index (χ3n) is 3.49. The molecule has 1 aliphatic rings. The Hall–Kier alpha value is -0.580. The summed E-state index contributed by atoms with van der Waals surface area (Å²) in [5.74, 6) is 0. The van der Waals surface area contributed by atoms with Gasteiger partial charge in [0.1, 0.15) is 6.29 Å². The van der Waals surface area contributed by atoms with E-state index in [0.29, 0.717) is 6.54 Å². The lowest BCUT2D eigenvalue weighted by Crippen LogP contribution is -2.44. The SMILES string of the molecule is CCN(CC(F)(F)F)CC1(C=O)CCCCC1. The van der Waals surface area contributed by atoms with Gasteiger partial charge in [0.2, 0.25) is 0 Å². The van der Waals surface area contributed by atoms with Gasteiger partial charge in [0.15, 0.2) is 0 Å². The second-order valence-electron chi connectivity index (χ2n) is 4.96. The van der Waals surface area contributed by atoms with Crippen molar-refractivity contribution in [3.63, 3.8) is 0 Å². The number of hydrogen-bond donors (Lipinski definition) is 0. The Balaban J connectivity index is 2.61. The van der Waals surface area contributed by atoms with E-state index in [1.807, 2.05) is 0 Å². The molecule has 0 spiro atoms. The van der Waals surface area contributed by atoms with E-state index < -0.39 is 18.1 Å². The van der Waals surface area contributed by atoms with Crippen molar-refractivity contribution < 1.29 is 18.0 Å². The number of alkyl halides is 3. The van der Waals surface area contributed by atoms with Crippen molar-refractivity contribution >= 4 is 6.29 Å². The first-order valence-electron chi connectivity index (χ1n) is 6.16. The molecule has 0 aliphatic heterocycles. The predicted octanol–water partition coefficient (Wildman–Crippen LogP) is 3.02. The quantitative estimate of drug-likeness (QED) is 0.700. The van der Waals surface area contributed by atoms with E-state index in [1.54, 1.807) is 6.92 Å². The fourth-order valence-corrected chi connectivity index (χ4v) is 2.55. The molecule has 0 radical (unpaired) electrons. The van der Waals surface area contributed by atoms with Crippen LogP contribution in [0.3, 0.4) is 0 Å². The molecule has 0 heterocycles. The smallest absolute Gasteiger partial charge is 0.303 e. The van der Waals surface area contributed by atoms with Crippen molar-refractivity contribution in [1.82, 2.24) is 4.90 Å². The van der Waals surface area contributed by atoms with Crippen molar-refractivity contribution in [2.75, 3.05) is 19.6 Å². The van der Waals surface area contributed by atoms with Gasteiger partial charge in [0, 0.05) is 12.0 Å². The maximum Gasteiger partial charge on any atom is 0.401 e. The zero-order valence-electron chi connectivity index (χ0n) is 10.2. The van der Waals surface area contributed by atoms with Crippen LogP contribution in [0.2, 0.25) is 0 Å². The van der Waals surface area contributed by atoms with E-state index in [4.69, 9.17) is 0 Å². The molecule has 17 heavy (non-hydrogen) atoms. The van der Waals surface area contributed by atoms with Gasteiger partial charge in [-0.05, 0) is 19.4 Å². The lowest BCUT2D eigenvalue weighted by Gasteiger charge is -2.36. The minimum atomic E-state index is -4.19. The van der Waals surface area contributed by atoms with Gasteiger partial charge in [-0.15, -0.1) is 0 Å². The van der Waals surface area contributed by atoms with Crippen molar-refractivity contribution in [2.24, 2.45) is 5.41 Å². The third-order valence-corrected chi connectivity index (χ3v) is 3.49. The molecular weight excluding hydrogens is 231 g/mol. The maximum absolute atomic E-state index is 12.3. The van der Waals surface area contributed by atoms with E-state index in [1.165, 1.54) is 4.90 Å². The van der Waals surface area contributed by atoms with E-state index in [0.717, 1.165) is 38.4 Å². The fourth-order valence-electron chi connectivity index (χ4n) is 2.55. The number of hydrogen-bond acceptors (Lipinski definition) is 2. The highest BCUT2D eigenvalue weighted by molar-refractivity contribution is 5.60. The van der Waals surface area contributed by atoms with Crippen molar-refractivity contribution in [1.29, 1.82) is 0 Å². The summed E-state index contributed by atoms with van der Waals surface area (Å²) in [7, 11) is 0. The Morgan fingerprint density at radius 1 is 1.24 bits per heavy atom. The summed E-state index contributed by atoms with van der Waals surface area (Å²) in [6.45, 7) is 1.35. The van der Waals surface area contributed by atoms with E-state index in [9.17, 15) is 18.0 Å². The molecule has 0 saturated heterocycles. The molecule has 1 aliphatic carbocycles. The lowest BCUT2D eigenvalue weighted by atomic mass is 9.75. The molecule has 0 atom stereocenters. The van der Waals surface area contributed by atoms with Gasteiger partial charge < -0.3 is 4.79 Å². The van der Waals surface area contributed by atoms with Crippen LogP contribution in [-0.2, 0) is 4.79 Å². The molecule has 1 saturated carbocycles. The summed E-state index contributed by atoms with van der Waals surface area (Å²) < 4.78 is 37.0. The molecule has 0 aromatic carbocycles. The monoisotopic (exact) mass is 251 g/mol. The molecule has 0 aromatic rings. The lowest BCUT2D eigenvalue weighted by molar-refractivity contribution is -0.151. The first-order chi connectivity index (χ1) is 7.91. The molecule has 0 unspecified atom stereocenters. The second-order valence-corrected chi connectivity index (χ2v) is 4.96. The number of aldehydes is 1. The van der Waals surface area contributed by atoms with Gasteiger partial charge in [-0.2, -0.15) is 13.2 Å². The summed E-state index contributed by atoms with van der Waals surface area (Å²) >= 11 is 0. The Morgan fingerprint density at radius 2 is 1.82 bits per heavy atom. The number of carbonyl (C=O) groups excluding carboxylic acids is 1. The topological polar surface area (TPSA) is 20.3 Å². The van der Waals surface area contributed by atoms with E-state index in [-0.39, 0.29) is 6.54 Å². The largest absolute Gasteiger partial charge is 0.401 e. The zero-order chi connectivity index (χ0) is 12.9. The van der Waals surface area contributed by atoms with E-state index >= 15 is 0 Å². The minimum Gasteiger partial charge on any atom is -0.303 e. The van der Waals surface area contributed by atoms with Crippen LogP contribution in [0.25, 0.3) is 0 Å². The van der Waals surface area contributed by atoms with Crippen molar-refractivity contribution in [3.8, 4) is 0 Å². The summed E-state index contributed by atoms with van der Waals surface area (Å²) in [5.41, 5.74) is -0.542. The number of rotatable bonds is 5. The van der Waals surface area contributed by atoms with Gasteiger partial charge in [0.25, 0.3) is 0 Å². The highest BCUT2D eigenvalue weighted by Crippen LogP contribution is 2.35. The number of halogens is 3. The van der Waals surface area contributed by atoms with Crippen LogP contribution in [0.15, 0.2) is 0 Å². The average molecular weight is 251 g/mol. The Kier molecular flexibility index (Phi) is 4.98. The number of nitrogens with zero attached hydrogens (tertiary/aromatic N) is 1. The Labute approximate surface area is 100 Å². The highest BCUT2D eigenvalue weighted by atomic mass is 19.4. The van der Waals surface area contributed by atoms with Crippen LogP contribution in [-0.4, -0.2) is 37.0 Å². The Morgan fingerprint density at radius 3 is 2.24 bits per heavy atom. The molecule has 1 rings (SSSR count). The van der Waals surface area contributed by atoms with Crippen molar-refractivity contribution in [2.45, 2.75) is 45.2 Å². The molecular formula is C12H20F3NO. The van der Waals surface area contributed by atoms with Gasteiger partial charge in [-0.3, -0.25) is 4.90 Å². The van der Waals surface area contributed by atoms with Gasteiger partial charge in [-0.1, -0.05) is 26.2 Å². The molecule has 0 N–H and O–H groups in total. The highest BCUT2D eigenvalue weighted by Gasteiger charge is 2.37. The molecule has 1 fully saturated rings. The van der Waals surface area contributed by atoms with Gasteiger partial charge in [-0.25, -0.2) is 0 Å². The zero-order valence-corrected chi connectivity index (χ0v) is 10.2. The van der Waals surface area contributed by atoms with Gasteiger partial charge in [0.05, 0.1) is 6.54 Å². The normalized spacial score (nSPS) is 20.5. The second kappa shape index (κ2) is 5.85. The summed E-state index contributed by atoms with van der Waals surface area (Å²) in [4.78, 5) is 12.5. The fraction of sp³-hybridized carbons (Fsp3) is 0.917. The average Bonchev–Trinajstić information content (AvgIpc) is 2.27. The summed E-state index contributed by atoms with van der Waals surface area (Å²) in [6.07, 6.45) is 1.13. The standard InChI is InChI=1S/C12H20F3NO/c1-2-16(9-12(13,14)15)8-11(10-17)6-4-3-5-7-11/h10H,2-9H2,1H3. The minimum absolute atomic E-state index is 0.243. The van der Waals surface area contributed by atoms with Gasteiger partial charge >= 0.3 is 6.18 Å². The molecule has 0 amide bonds. The van der Waals surface area contributed by atoms with Crippen LogP contribution < -0.4 is 0 Å². The summed E-state index contributed by atoms with van der Waals surface area (Å²) in [5, 5.41) is 0. The first kappa shape index (κ1) is 14.5. The predicted molar refractivity (Wildman–Crippen MR) is 59.8 cm³/mol. The van der Waals surface area contributed by atoms with Crippen LogP contribution in [0.1, 0.15) is 39.0 Å². The van der Waals surface area contributed by atoms with Crippen LogP contribution in [0.4, 0.5) is 13.2 Å².